The fourth-order valence-corrected chi connectivity index (χ4v) is 0.941. The average molecular weight is 188 g/mol. The first-order valence-electron chi connectivity index (χ1n) is 3.30. The lowest BCUT2D eigenvalue weighted by molar-refractivity contribution is -0.117. The van der Waals surface area contributed by atoms with Gasteiger partial charge >= 0.3 is 0 Å². The van der Waals surface area contributed by atoms with Gasteiger partial charge in [0.25, 0.3) is 0 Å². The number of primary amides is 1. The summed E-state index contributed by atoms with van der Waals surface area (Å²) in [6.45, 7) is 0. The number of benzene rings is 1. The van der Waals surface area contributed by atoms with Crippen molar-refractivity contribution in [2.24, 2.45) is 5.73 Å². The summed E-state index contributed by atoms with van der Waals surface area (Å²) < 4.78 is 12.4. The second-order valence-electron chi connectivity index (χ2n) is 2.32. The Hall–Kier alpha value is -1.09. The molecule has 1 amide bonds. The third-order valence-corrected chi connectivity index (χ3v) is 1.88. The van der Waals surface area contributed by atoms with E-state index in [0.717, 1.165) is 0 Å². The van der Waals surface area contributed by atoms with Crippen LogP contribution in [0.15, 0.2) is 24.3 Å². The van der Waals surface area contributed by atoms with Gasteiger partial charge in [0.2, 0.25) is 5.91 Å². The van der Waals surface area contributed by atoms with Crippen LogP contribution < -0.4 is 5.73 Å². The van der Waals surface area contributed by atoms with E-state index >= 15 is 0 Å². The summed E-state index contributed by atoms with van der Waals surface area (Å²) in [7, 11) is 0. The number of carbonyl (C=O) groups is 1. The van der Waals surface area contributed by atoms with E-state index in [1.807, 2.05) is 0 Å². The highest BCUT2D eigenvalue weighted by molar-refractivity contribution is 6.30. The molecule has 1 atom stereocenters. The molecule has 2 nitrogen and oxygen atoms in total. The molecule has 0 fully saturated rings. The summed E-state index contributed by atoms with van der Waals surface area (Å²) in [4.78, 5) is 10.6. The molecule has 0 aromatic heterocycles. The van der Waals surface area contributed by atoms with Crippen molar-refractivity contribution in [1.29, 1.82) is 0 Å². The largest absolute Gasteiger partial charge is 0.368 e. The minimum Gasteiger partial charge on any atom is -0.368 e. The van der Waals surface area contributed by atoms with Crippen molar-refractivity contribution in [2.45, 2.75) is 5.38 Å². The maximum Gasteiger partial charge on any atom is 0.240 e. The Morgan fingerprint density at radius 2 is 1.92 bits per heavy atom. The molecule has 0 bridgehead atoms. The molecule has 0 aliphatic heterocycles. The van der Waals surface area contributed by atoms with E-state index in [2.05, 4.69) is 0 Å². The maximum absolute atomic E-state index is 12.4. The second-order valence-corrected chi connectivity index (χ2v) is 2.75. The lowest BCUT2D eigenvalue weighted by atomic mass is 10.1. The van der Waals surface area contributed by atoms with Crippen LogP contribution in [-0.4, -0.2) is 5.91 Å². The smallest absolute Gasteiger partial charge is 0.240 e. The van der Waals surface area contributed by atoms with Gasteiger partial charge in [0.05, 0.1) is 0 Å². The van der Waals surface area contributed by atoms with Gasteiger partial charge in [0.15, 0.2) is 0 Å². The van der Waals surface area contributed by atoms with Crippen LogP contribution in [-0.2, 0) is 4.79 Å². The summed E-state index contributed by atoms with van der Waals surface area (Å²) in [5, 5.41) is -0.884. The molecule has 4 heteroatoms. The van der Waals surface area contributed by atoms with Gasteiger partial charge in [0.1, 0.15) is 11.2 Å². The fraction of sp³-hybridized carbons (Fsp3) is 0.125. The number of halogens is 2. The van der Waals surface area contributed by atoms with Crippen molar-refractivity contribution in [3.05, 3.63) is 35.6 Å². The minimum absolute atomic E-state index is 0.368. The Morgan fingerprint density at radius 1 is 1.42 bits per heavy atom. The van der Waals surface area contributed by atoms with Crippen molar-refractivity contribution >= 4 is 17.5 Å². The monoisotopic (exact) mass is 187 g/mol. The van der Waals surface area contributed by atoms with E-state index < -0.39 is 11.3 Å². The van der Waals surface area contributed by atoms with Crippen LogP contribution >= 0.6 is 11.6 Å². The summed E-state index contributed by atoms with van der Waals surface area (Å²) in [6.07, 6.45) is 0. The predicted molar refractivity (Wildman–Crippen MR) is 44.2 cm³/mol. The molecule has 0 aliphatic carbocycles. The molecule has 0 saturated heterocycles. The van der Waals surface area contributed by atoms with Gasteiger partial charge in [-0.2, -0.15) is 0 Å². The molecule has 64 valence electrons. The zero-order valence-corrected chi connectivity index (χ0v) is 6.88. The summed E-state index contributed by atoms with van der Waals surface area (Å²) >= 11 is 5.60. The number of hydrogen-bond acceptors (Lipinski definition) is 1. The summed E-state index contributed by atoms with van der Waals surface area (Å²) in [6, 6.07) is 5.32. The number of alkyl halides is 1. The van der Waals surface area contributed by atoms with Gasteiger partial charge in [-0.05, 0) is 17.7 Å². The molecule has 0 unspecified atom stereocenters. The van der Waals surface area contributed by atoms with E-state index in [0.29, 0.717) is 5.56 Å². The van der Waals surface area contributed by atoms with Gasteiger partial charge in [-0.3, -0.25) is 4.79 Å². The fourth-order valence-electron chi connectivity index (χ4n) is 0.796. The highest BCUT2D eigenvalue weighted by Crippen LogP contribution is 2.19. The normalized spacial score (nSPS) is 12.5. The second kappa shape index (κ2) is 3.54. The number of nitrogens with two attached hydrogens (primary N) is 1. The molecule has 0 heterocycles. The molecule has 1 aromatic carbocycles. The molecular formula is C8H7ClFNO. The predicted octanol–water partition coefficient (Wildman–Crippen LogP) is 1.59. The van der Waals surface area contributed by atoms with Crippen LogP contribution in [0.3, 0.4) is 0 Å². The van der Waals surface area contributed by atoms with Gasteiger partial charge in [-0.15, -0.1) is 11.6 Å². The molecular weight excluding hydrogens is 181 g/mol. The van der Waals surface area contributed by atoms with E-state index in [1.54, 1.807) is 0 Å². The molecule has 0 saturated carbocycles. The lowest BCUT2D eigenvalue weighted by Crippen LogP contribution is -2.16. The Kier molecular flexibility index (Phi) is 2.65. The minimum atomic E-state index is -0.884. The van der Waals surface area contributed by atoms with Crippen molar-refractivity contribution in [3.8, 4) is 0 Å². The number of rotatable bonds is 2. The molecule has 0 spiro atoms. The van der Waals surface area contributed by atoms with Crippen LogP contribution in [0.1, 0.15) is 10.9 Å². The number of hydrogen-bond donors (Lipinski definition) is 1. The van der Waals surface area contributed by atoms with Crippen LogP contribution in [0.25, 0.3) is 0 Å². The third-order valence-electron chi connectivity index (χ3n) is 1.41. The van der Waals surface area contributed by atoms with Crippen LogP contribution in [0.4, 0.5) is 4.39 Å². The highest BCUT2D eigenvalue weighted by atomic mass is 35.5. The van der Waals surface area contributed by atoms with Crippen molar-refractivity contribution in [1.82, 2.24) is 0 Å². The SMILES string of the molecule is NC(=O)[C@@H](Cl)c1ccc(F)cc1. The third kappa shape index (κ3) is 1.95. The van der Waals surface area contributed by atoms with Crippen molar-refractivity contribution in [2.75, 3.05) is 0 Å². The van der Waals surface area contributed by atoms with Gasteiger partial charge in [-0.1, -0.05) is 12.1 Å². The molecule has 1 rings (SSSR count). The lowest BCUT2D eigenvalue weighted by Gasteiger charge is -2.03. The van der Waals surface area contributed by atoms with E-state index in [9.17, 15) is 9.18 Å². The first kappa shape index (κ1) is 9.00. The Bertz CT molecular complexity index is 286. The maximum atomic E-state index is 12.4. The molecule has 1 aromatic rings. The standard InChI is InChI=1S/C8H7ClFNO/c9-7(8(11)12)5-1-3-6(10)4-2-5/h1-4,7H,(H2,11,12)/t7-/m0/s1. The van der Waals surface area contributed by atoms with Crippen LogP contribution in [0, 0.1) is 5.82 Å². The highest BCUT2D eigenvalue weighted by Gasteiger charge is 2.13. The number of carbonyl (C=O) groups excluding carboxylic acids is 1. The van der Waals surface area contributed by atoms with Gasteiger partial charge < -0.3 is 5.73 Å². The Morgan fingerprint density at radius 3 is 2.33 bits per heavy atom. The molecule has 0 aliphatic rings. The van der Waals surface area contributed by atoms with E-state index in [-0.39, 0.29) is 5.82 Å². The first-order chi connectivity index (χ1) is 5.61. The van der Waals surface area contributed by atoms with Crippen molar-refractivity contribution in [3.63, 3.8) is 0 Å². The summed E-state index contributed by atoms with van der Waals surface area (Å²) in [5.41, 5.74) is 5.45. The molecule has 12 heavy (non-hydrogen) atoms. The molecule has 0 radical (unpaired) electrons. The zero-order chi connectivity index (χ0) is 9.14. The summed E-state index contributed by atoms with van der Waals surface area (Å²) in [5.74, 6) is -1.00. The van der Waals surface area contributed by atoms with Gasteiger partial charge in [-0.25, -0.2) is 4.39 Å². The Balaban J connectivity index is 2.89. The Labute approximate surface area is 74.1 Å². The van der Waals surface area contributed by atoms with Gasteiger partial charge in [0, 0.05) is 0 Å². The van der Waals surface area contributed by atoms with E-state index in [4.69, 9.17) is 17.3 Å². The van der Waals surface area contributed by atoms with E-state index in [1.165, 1.54) is 24.3 Å². The average Bonchev–Trinajstić information content (AvgIpc) is 2.04. The molecule has 2 N–H and O–H groups in total. The van der Waals surface area contributed by atoms with Crippen LogP contribution in [0.2, 0.25) is 0 Å². The first-order valence-corrected chi connectivity index (χ1v) is 3.74. The van der Waals surface area contributed by atoms with Crippen LogP contribution in [0.5, 0.6) is 0 Å². The van der Waals surface area contributed by atoms with Crippen molar-refractivity contribution < 1.29 is 9.18 Å². The zero-order valence-electron chi connectivity index (χ0n) is 6.13. The topological polar surface area (TPSA) is 43.1 Å². The quantitative estimate of drug-likeness (QED) is 0.702. The number of amides is 1.